The third-order valence-corrected chi connectivity index (χ3v) is 2.78. The summed E-state index contributed by atoms with van der Waals surface area (Å²) < 4.78 is 0. The molecule has 1 rings (SSSR count). The fraction of sp³-hybridized carbons (Fsp3) is 0.200. The summed E-state index contributed by atoms with van der Waals surface area (Å²) in [6.45, 7) is 0.411. The van der Waals surface area contributed by atoms with Gasteiger partial charge < -0.3 is 11.1 Å². The predicted molar refractivity (Wildman–Crippen MR) is 70.2 cm³/mol. The van der Waals surface area contributed by atoms with Gasteiger partial charge >= 0.3 is 0 Å². The SMILES string of the molecule is NC(=S)CCNC(=O)c1ccc(Cl)c(Cl)c1. The minimum atomic E-state index is -0.227. The van der Waals surface area contributed by atoms with Crippen molar-refractivity contribution in [2.75, 3.05) is 6.54 Å². The third-order valence-electron chi connectivity index (χ3n) is 1.84. The Labute approximate surface area is 109 Å². The highest BCUT2D eigenvalue weighted by molar-refractivity contribution is 7.80. The monoisotopic (exact) mass is 276 g/mol. The molecule has 0 radical (unpaired) electrons. The Balaban J connectivity index is 2.59. The van der Waals surface area contributed by atoms with E-state index >= 15 is 0 Å². The number of benzene rings is 1. The zero-order valence-electron chi connectivity index (χ0n) is 8.30. The molecule has 0 aliphatic heterocycles. The standard InChI is InChI=1S/C10H10Cl2N2OS/c11-7-2-1-6(5-8(7)12)10(15)14-4-3-9(13)16/h1-2,5H,3-4H2,(H2,13,16)(H,14,15). The number of rotatable bonds is 4. The van der Waals surface area contributed by atoms with Crippen molar-refractivity contribution in [3.8, 4) is 0 Å². The topological polar surface area (TPSA) is 55.1 Å². The number of thiocarbonyl (C=S) groups is 1. The second-order valence-corrected chi connectivity index (χ2v) is 4.44. The number of carbonyl (C=O) groups is 1. The number of hydrogen-bond donors (Lipinski definition) is 2. The summed E-state index contributed by atoms with van der Waals surface area (Å²) in [7, 11) is 0. The lowest BCUT2D eigenvalue weighted by Crippen LogP contribution is -2.27. The summed E-state index contributed by atoms with van der Waals surface area (Å²) in [5, 5.41) is 3.44. The molecule has 1 aromatic rings. The van der Waals surface area contributed by atoms with E-state index < -0.39 is 0 Å². The molecule has 0 fully saturated rings. The first-order valence-corrected chi connectivity index (χ1v) is 5.68. The number of amides is 1. The fourth-order valence-corrected chi connectivity index (χ4v) is 1.44. The molecule has 1 amide bonds. The lowest BCUT2D eigenvalue weighted by molar-refractivity contribution is 0.0955. The van der Waals surface area contributed by atoms with Crippen LogP contribution in [0.4, 0.5) is 0 Å². The lowest BCUT2D eigenvalue weighted by Gasteiger charge is -2.05. The molecular formula is C10H10Cl2N2OS. The average molecular weight is 277 g/mol. The van der Waals surface area contributed by atoms with Gasteiger partial charge in [-0.2, -0.15) is 0 Å². The normalized spacial score (nSPS) is 9.88. The largest absolute Gasteiger partial charge is 0.393 e. The Morgan fingerprint density at radius 1 is 1.38 bits per heavy atom. The van der Waals surface area contributed by atoms with Gasteiger partial charge in [-0.1, -0.05) is 35.4 Å². The van der Waals surface area contributed by atoms with Gasteiger partial charge in [0.15, 0.2) is 0 Å². The maximum Gasteiger partial charge on any atom is 0.251 e. The molecule has 1 aromatic carbocycles. The second kappa shape index (κ2) is 6.03. The smallest absolute Gasteiger partial charge is 0.251 e. The highest BCUT2D eigenvalue weighted by Gasteiger charge is 2.07. The van der Waals surface area contributed by atoms with E-state index in [0.29, 0.717) is 33.6 Å². The van der Waals surface area contributed by atoms with Gasteiger partial charge in [-0.15, -0.1) is 0 Å². The number of nitrogens with one attached hydrogen (secondary N) is 1. The number of hydrogen-bond acceptors (Lipinski definition) is 2. The predicted octanol–water partition coefficient (Wildman–Crippen LogP) is 2.40. The highest BCUT2D eigenvalue weighted by atomic mass is 35.5. The summed E-state index contributed by atoms with van der Waals surface area (Å²) in [5.74, 6) is -0.227. The van der Waals surface area contributed by atoms with Crippen molar-refractivity contribution >= 4 is 46.3 Å². The molecule has 0 atom stereocenters. The van der Waals surface area contributed by atoms with E-state index in [0.717, 1.165) is 0 Å². The Bertz CT molecular complexity index is 423. The van der Waals surface area contributed by atoms with Gasteiger partial charge in [0.25, 0.3) is 5.91 Å². The van der Waals surface area contributed by atoms with Crippen LogP contribution in [0.1, 0.15) is 16.8 Å². The van der Waals surface area contributed by atoms with E-state index in [-0.39, 0.29) is 5.91 Å². The van der Waals surface area contributed by atoms with Crippen LogP contribution in [0.2, 0.25) is 10.0 Å². The van der Waals surface area contributed by atoms with Gasteiger partial charge in [0.1, 0.15) is 0 Å². The van der Waals surface area contributed by atoms with Crippen LogP contribution in [0.3, 0.4) is 0 Å². The van der Waals surface area contributed by atoms with Gasteiger partial charge in [0.2, 0.25) is 0 Å². The van der Waals surface area contributed by atoms with E-state index in [1.54, 1.807) is 12.1 Å². The van der Waals surface area contributed by atoms with E-state index in [9.17, 15) is 4.79 Å². The fourth-order valence-electron chi connectivity index (χ4n) is 1.04. The minimum Gasteiger partial charge on any atom is -0.393 e. The van der Waals surface area contributed by atoms with Crippen molar-refractivity contribution in [1.82, 2.24) is 5.32 Å². The first-order chi connectivity index (χ1) is 7.50. The molecule has 0 aromatic heterocycles. The van der Waals surface area contributed by atoms with Crippen molar-refractivity contribution in [2.24, 2.45) is 5.73 Å². The van der Waals surface area contributed by atoms with E-state index in [4.69, 9.17) is 41.2 Å². The van der Waals surface area contributed by atoms with E-state index in [2.05, 4.69) is 5.32 Å². The lowest BCUT2D eigenvalue weighted by atomic mass is 10.2. The molecule has 0 saturated heterocycles. The Morgan fingerprint density at radius 3 is 2.62 bits per heavy atom. The highest BCUT2D eigenvalue weighted by Crippen LogP contribution is 2.22. The molecule has 0 bridgehead atoms. The van der Waals surface area contributed by atoms with Crippen LogP contribution in [0.5, 0.6) is 0 Å². The molecule has 0 aliphatic carbocycles. The molecule has 3 nitrogen and oxygen atoms in total. The van der Waals surface area contributed by atoms with Crippen molar-refractivity contribution in [2.45, 2.75) is 6.42 Å². The van der Waals surface area contributed by atoms with Crippen molar-refractivity contribution in [3.63, 3.8) is 0 Å². The summed E-state index contributed by atoms with van der Waals surface area (Å²) in [5.41, 5.74) is 5.76. The summed E-state index contributed by atoms with van der Waals surface area (Å²) in [4.78, 5) is 12.0. The van der Waals surface area contributed by atoms with E-state index in [1.807, 2.05) is 0 Å². The molecule has 0 saturated carbocycles. The summed E-state index contributed by atoms with van der Waals surface area (Å²) >= 11 is 16.2. The van der Waals surface area contributed by atoms with E-state index in [1.165, 1.54) is 6.07 Å². The maximum atomic E-state index is 11.6. The first kappa shape index (κ1) is 13.2. The van der Waals surface area contributed by atoms with Crippen LogP contribution >= 0.6 is 35.4 Å². The van der Waals surface area contributed by atoms with Gasteiger partial charge in [-0.05, 0) is 18.2 Å². The molecule has 3 N–H and O–H groups in total. The van der Waals surface area contributed by atoms with Gasteiger partial charge in [0.05, 0.1) is 15.0 Å². The van der Waals surface area contributed by atoms with Crippen molar-refractivity contribution in [3.05, 3.63) is 33.8 Å². The molecular weight excluding hydrogens is 267 g/mol. The van der Waals surface area contributed by atoms with Gasteiger partial charge in [-0.25, -0.2) is 0 Å². The van der Waals surface area contributed by atoms with Gasteiger partial charge in [0, 0.05) is 18.5 Å². The average Bonchev–Trinajstić information content (AvgIpc) is 2.21. The Morgan fingerprint density at radius 2 is 2.06 bits per heavy atom. The quantitative estimate of drug-likeness (QED) is 0.831. The summed E-state index contributed by atoms with van der Waals surface area (Å²) in [6.07, 6.45) is 0.475. The third kappa shape index (κ3) is 3.96. The molecule has 16 heavy (non-hydrogen) atoms. The number of nitrogens with two attached hydrogens (primary N) is 1. The molecule has 6 heteroatoms. The van der Waals surface area contributed by atoms with Crippen molar-refractivity contribution < 1.29 is 4.79 Å². The molecule has 86 valence electrons. The Kier molecular flexibility index (Phi) is 4.99. The van der Waals surface area contributed by atoms with Crippen LogP contribution in [-0.2, 0) is 0 Å². The summed E-state index contributed by atoms with van der Waals surface area (Å²) in [6, 6.07) is 4.69. The van der Waals surface area contributed by atoms with Crippen molar-refractivity contribution in [1.29, 1.82) is 0 Å². The van der Waals surface area contributed by atoms with Crippen LogP contribution in [0, 0.1) is 0 Å². The van der Waals surface area contributed by atoms with Crippen LogP contribution < -0.4 is 11.1 Å². The van der Waals surface area contributed by atoms with Crippen LogP contribution in [0.25, 0.3) is 0 Å². The van der Waals surface area contributed by atoms with Gasteiger partial charge in [-0.3, -0.25) is 4.79 Å². The molecule has 0 spiro atoms. The molecule has 0 aliphatic rings. The maximum absolute atomic E-state index is 11.6. The Hall–Kier alpha value is -0.840. The zero-order valence-corrected chi connectivity index (χ0v) is 10.6. The zero-order chi connectivity index (χ0) is 12.1. The second-order valence-electron chi connectivity index (χ2n) is 3.10. The minimum absolute atomic E-state index is 0.227. The first-order valence-electron chi connectivity index (χ1n) is 4.52. The number of halogens is 2. The number of carbonyl (C=O) groups excluding carboxylic acids is 1. The molecule has 0 heterocycles. The van der Waals surface area contributed by atoms with Crippen LogP contribution in [-0.4, -0.2) is 17.4 Å². The van der Waals surface area contributed by atoms with Crippen LogP contribution in [0.15, 0.2) is 18.2 Å². The molecule has 0 unspecified atom stereocenters.